The lowest BCUT2D eigenvalue weighted by Crippen LogP contribution is -2.49. The van der Waals surface area contributed by atoms with Gasteiger partial charge in [-0.05, 0) is 19.8 Å². The molecule has 13 heavy (non-hydrogen) atoms. The van der Waals surface area contributed by atoms with Gasteiger partial charge in [0, 0.05) is 38.8 Å². The molecule has 1 aliphatic heterocycles. The Balaban J connectivity index is 2.22. The summed E-state index contributed by atoms with van der Waals surface area (Å²) >= 11 is 0. The molecule has 0 bridgehead atoms. The van der Waals surface area contributed by atoms with Crippen molar-refractivity contribution in [3.8, 4) is 0 Å². The molecule has 0 aromatic rings. The highest BCUT2D eigenvalue weighted by Gasteiger charge is 2.18. The summed E-state index contributed by atoms with van der Waals surface area (Å²) in [7, 11) is 0. The van der Waals surface area contributed by atoms with Crippen molar-refractivity contribution in [2.75, 3.05) is 32.7 Å². The minimum Gasteiger partial charge on any atom is -0.300 e. The average Bonchev–Trinajstić information content (AvgIpc) is 2.04. The Bertz CT molecular complexity index is 135. The molecule has 1 rings (SSSR count). The van der Waals surface area contributed by atoms with Crippen molar-refractivity contribution in [1.82, 2.24) is 9.80 Å². The maximum Gasteiger partial charge on any atom is 0.0113 e. The molecule has 1 saturated heterocycles. The highest BCUT2D eigenvalue weighted by molar-refractivity contribution is 4.84. The van der Waals surface area contributed by atoms with E-state index < -0.39 is 0 Å². The summed E-state index contributed by atoms with van der Waals surface area (Å²) in [6, 6.07) is 0.717. The summed E-state index contributed by atoms with van der Waals surface area (Å²) < 4.78 is 0. The SMILES string of the molecule is C[C](C)CN1CCN(C(C)C)CC1. The maximum absolute atomic E-state index is 2.56. The topological polar surface area (TPSA) is 6.48 Å². The zero-order chi connectivity index (χ0) is 9.84. The number of piperazine rings is 1. The molecule has 2 nitrogen and oxygen atoms in total. The lowest BCUT2D eigenvalue weighted by Gasteiger charge is -2.37. The third-order valence-corrected chi connectivity index (χ3v) is 2.68. The van der Waals surface area contributed by atoms with Crippen LogP contribution in [-0.4, -0.2) is 48.6 Å². The summed E-state index contributed by atoms with van der Waals surface area (Å²) in [6.07, 6.45) is 0. The molecule has 0 unspecified atom stereocenters. The van der Waals surface area contributed by atoms with E-state index in [0.717, 1.165) is 0 Å². The summed E-state index contributed by atoms with van der Waals surface area (Å²) in [5.41, 5.74) is 0. The molecular weight excluding hydrogens is 160 g/mol. The molecule has 0 spiro atoms. The lowest BCUT2D eigenvalue weighted by molar-refractivity contribution is 0.112. The van der Waals surface area contributed by atoms with E-state index in [0.29, 0.717) is 6.04 Å². The second kappa shape index (κ2) is 4.97. The second-order valence-corrected chi connectivity index (χ2v) is 4.61. The Hall–Kier alpha value is -0.0800. The first-order chi connectivity index (χ1) is 6.09. The average molecular weight is 183 g/mol. The van der Waals surface area contributed by atoms with Gasteiger partial charge in [-0.15, -0.1) is 0 Å². The van der Waals surface area contributed by atoms with Gasteiger partial charge in [0.05, 0.1) is 0 Å². The molecular formula is C11H23N2. The fraction of sp³-hybridized carbons (Fsp3) is 0.909. The van der Waals surface area contributed by atoms with Gasteiger partial charge >= 0.3 is 0 Å². The summed E-state index contributed by atoms with van der Waals surface area (Å²) in [4.78, 5) is 5.11. The quantitative estimate of drug-likeness (QED) is 0.656. The van der Waals surface area contributed by atoms with Gasteiger partial charge in [-0.3, -0.25) is 4.90 Å². The Morgan fingerprint density at radius 1 is 1.08 bits per heavy atom. The van der Waals surface area contributed by atoms with Gasteiger partial charge in [-0.2, -0.15) is 0 Å². The van der Waals surface area contributed by atoms with E-state index in [1.165, 1.54) is 38.6 Å². The molecule has 1 radical (unpaired) electrons. The number of hydrogen-bond donors (Lipinski definition) is 0. The summed E-state index contributed by atoms with van der Waals surface area (Å²) in [5.74, 6) is 1.53. The van der Waals surface area contributed by atoms with Crippen LogP contribution >= 0.6 is 0 Å². The van der Waals surface area contributed by atoms with Crippen LogP contribution < -0.4 is 0 Å². The molecule has 77 valence electrons. The minimum atomic E-state index is 0.717. The zero-order valence-electron chi connectivity index (χ0n) is 9.51. The van der Waals surface area contributed by atoms with E-state index >= 15 is 0 Å². The van der Waals surface area contributed by atoms with Gasteiger partial charge < -0.3 is 4.90 Å². The second-order valence-electron chi connectivity index (χ2n) is 4.61. The molecule has 2 heteroatoms. The first-order valence-electron chi connectivity index (χ1n) is 5.35. The van der Waals surface area contributed by atoms with E-state index in [2.05, 4.69) is 37.5 Å². The molecule has 0 N–H and O–H groups in total. The predicted molar refractivity (Wildman–Crippen MR) is 57.7 cm³/mol. The van der Waals surface area contributed by atoms with Crippen molar-refractivity contribution >= 4 is 0 Å². The third kappa shape index (κ3) is 3.65. The van der Waals surface area contributed by atoms with Gasteiger partial charge in [0.15, 0.2) is 0 Å². The highest BCUT2D eigenvalue weighted by Crippen LogP contribution is 2.08. The number of hydrogen-bond acceptors (Lipinski definition) is 2. The zero-order valence-corrected chi connectivity index (χ0v) is 9.51. The molecule has 0 amide bonds. The highest BCUT2D eigenvalue weighted by atomic mass is 15.3. The van der Waals surface area contributed by atoms with Crippen LogP contribution in [0.4, 0.5) is 0 Å². The molecule has 0 aliphatic carbocycles. The van der Waals surface area contributed by atoms with E-state index in [-0.39, 0.29) is 0 Å². The minimum absolute atomic E-state index is 0.717. The molecule has 0 aromatic heterocycles. The van der Waals surface area contributed by atoms with Crippen LogP contribution in [0.2, 0.25) is 0 Å². The van der Waals surface area contributed by atoms with Crippen LogP contribution in [0, 0.1) is 5.92 Å². The van der Waals surface area contributed by atoms with Crippen molar-refractivity contribution in [2.24, 2.45) is 0 Å². The lowest BCUT2D eigenvalue weighted by atomic mass is 10.2. The van der Waals surface area contributed by atoms with Crippen molar-refractivity contribution in [3.05, 3.63) is 5.92 Å². The smallest absolute Gasteiger partial charge is 0.0113 e. The first-order valence-corrected chi connectivity index (χ1v) is 5.35. The molecule has 0 aromatic carbocycles. The van der Waals surface area contributed by atoms with Gasteiger partial charge in [0.25, 0.3) is 0 Å². The van der Waals surface area contributed by atoms with Crippen LogP contribution in [-0.2, 0) is 0 Å². The first kappa shape index (κ1) is 11.0. The van der Waals surface area contributed by atoms with Crippen LogP contribution in [0.15, 0.2) is 0 Å². The Labute approximate surface area is 82.9 Å². The molecule has 1 aliphatic rings. The van der Waals surface area contributed by atoms with E-state index in [1.54, 1.807) is 0 Å². The van der Waals surface area contributed by atoms with Gasteiger partial charge in [0.1, 0.15) is 0 Å². The molecule has 0 atom stereocenters. The maximum atomic E-state index is 2.56. The van der Waals surface area contributed by atoms with Gasteiger partial charge in [-0.1, -0.05) is 13.8 Å². The Kier molecular flexibility index (Phi) is 4.20. The Morgan fingerprint density at radius 2 is 1.62 bits per heavy atom. The fourth-order valence-electron chi connectivity index (χ4n) is 1.89. The molecule has 0 saturated carbocycles. The van der Waals surface area contributed by atoms with Crippen molar-refractivity contribution < 1.29 is 0 Å². The summed E-state index contributed by atoms with van der Waals surface area (Å²) in [5, 5.41) is 0. The number of rotatable bonds is 3. The summed E-state index contributed by atoms with van der Waals surface area (Å²) in [6.45, 7) is 15.2. The van der Waals surface area contributed by atoms with Crippen molar-refractivity contribution in [2.45, 2.75) is 33.7 Å². The van der Waals surface area contributed by atoms with Crippen LogP contribution in [0.1, 0.15) is 27.7 Å². The van der Waals surface area contributed by atoms with Crippen LogP contribution in [0.5, 0.6) is 0 Å². The number of nitrogens with zero attached hydrogens (tertiary/aromatic N) is 2. The van der Waals surface area contributed by atoms with Crippen LogP contribution in [0.25, 0.3) is 0 Å². The van der Waals surface area contributed by atoms with Gasteiger partial charge in [-0.25, -0.2) is 0 Å². The van der Waals surface area contributed by atoms with E-state index in [9.17, 15) is 0 Å². The molecule has 1 heterocycles. The Morgan fingerprint density at radius 3 is 2.00 bits per heavy atom. The van der Waals surface area contributed by atoms with Crippen molar-refractivity contribution in [3.63, 3.8) is 0 Å². The van der Waals surface area contributed by atoms with Crippen LogP contribution in [0.3, 0.4) is 0 Å². The standard InChI is InChI=1S/C11H23N2/c1-10(2)9-12-5-7-13(8-6-12)11(3)4/h11H,5-9H2,1-4H3. The van der Waals surface area contributed by atoms with E-state index in [4.69, 9.17) is 0 Å². The molecule has 1 fully saturated rings. The van der Waals surface area contributed by atoms with E-state index in [1.807, 2.05) is 0 Å². The third-order valence-electron chi connectivity index (χ3n) is 2.68. The predicted octanol–water partition coefficient (Wildman–Crippen LogP) is 1.63. The van der Waals surface area contributed by atoms with Gasteiger partial charge in [0.2, 0.25) is 0 Å². The van der Waals surface area contributed by atoms with Crippen molar-refractivity contribution in [1.29, 1.82) is 0 Å². The normalized spacial score (nSPS) is 21.7. The monoisotopic (exact) mass is 183 g/mol. The fourth-order valence-corrected chi connectivity index (χ4v) is 1.89. The largest absolute Gasteiger partial charge is 0.300 e.